The fraction of sp³-hybridized carbons (Fsp3) is 0.556. The second-order valence-electron chi connectivity index (χ2n) is 3.03. The normalized spacial score (nSPS) is 13.2. The Morgan fingerprint density at radius 3 is 3.00 bits per heavy atom. The molecule has 1 atom stereocenters. The van der Waals surface area contributed by atoms with Gasteiger partial charge < -0.3 is 10.4 Å². The minimum Gasteiger partial charge on any atom is -0.396 e. The minimum absolute atomic E-state index is 0.252. The summed E-state index contributed by atoms with van der Waals surface area (Å²) >= 11 is 5.15. The van der Waals surface area contributed by atoms with Crippen molar-refractivity contribution in [2.45, 2.75) is 25.9 Å². The molecule has 0 aliphatic rings. The van der Waals surface area contributed by atoms with Gasteiger partial charge in [-0.1, -0.05) is 0 Å². The van der Waals surface area contributed by atoms with E-state index in [4.69, 9.17) is 5.11 Å². The molecule has 0 saturated heterocycles. The standard InChI is InChI=1S/C9H14BrNOS/c1-7(2-3-12)11-5-9-4-8(10)6-13-9/h4,6-7,11-12H,2-3,5H2,1H3/t7-/m1/s1. The zero-order valence-corrected chi connectivity index (χ0v) is 9.99. The second-order valence-corrected chi connectivity index (χ2v) is 4.94. The molecule has 4 heteroatoms. The Balaban J connectivity index is 2.26. The van der Waals surface area contributed by atoms with E-state index in [-0.39, 0.29) is 6.61 Å². The van der Waals surface area contributed by atoms with Gasteiger partial charge in [-0.25, -0.2) is 0 Å². The first-order valence-corrected chi connectivity index (χ1v) is 5.97. The van der Waals surface area contributed by atoms with Crippen LogP contribution in [-0.2, 0) is 6.54 Å². The zero-order chi connectivity index (χ0) is 9.68. The number of nitrogens with one attached hydrogen (secondary N) is 1. The van der Waals surface area contributed by atoms with Gasteiger partial charge in [0.05, 0.1) is 0 Å². The van der Waals surface area contributed by atoms with Gasteiger partial charge in [0.1, 0.15) is 0 Å². The van der Waals surface area contributed by atoms with Crippen LogP contribution in [-0.4, -0.2) is 17.8 Å². The molecular weight excluding hydrogens is 250 g/mol. The third-order valence-corrected chi connectivity index (χ3v) is 3.51. The Hall–Kier alpha value is 0.1000. The topological polar surface area (TPSA) is 32.3 Å². The van der Waals surface area contributed by atoms with Gasteiger partial charge in [0.2, 0.25) is 0 Å². The molecular formula is C9H14BrNOS. The summed E-state index contributed by atoms with van der Waals surface area (Å²) < 4.78 is 1.14. The summed E-state index contributed by atoms with van der Waals surface area (Å²) in [6.45, 7) is 3.22. The van der Waals surface area contributed by atoms with Crippen molar-refractivity contribution in [3.63, 3.8) is 0 Å². The van der Waals surface area contributed by atoms with E-state index in [0.29, 0.717) is 6.04 Å². The number of thiophene rings is 1. The molecule has 74 valence electrons. The number of hydrogen-bond donors (Lipinski definition) is 2. The first-order valence-electron chi connectivity index (χ1n) is 4.29. The maximum absolute atomic E-state index is 8.69. The highest BCUT2D eigenvalue weighted by Gasteiger charge is 2.01. The van der Waals surface area contributed by atoms with Gasteiger partial charge in [-0.2, -0.15) is 0 Å². The maximum Gasteiger partial charge on any atom is 0.0445 e. The monoisotopic (exact) mass is 263 g/mol. The van der Waals surface area contributed by atoms with Crippen molar-refractivity contribution in [1.82, 2.24) is 5.32 Å². The van der Waals surface area contributed by atoms with E-state index >= 15 is 0 Å². The largest absolute Gasteiger partial charge is 0.396 e. The summed E-state index contributed by atoms with van der Waals surface area (Å²) in [5.74, 6) is 0. The molecule has 0 saturated carbocycles. The van der Waals surface area contributed by atoms with Crippen molar-refractivity contribution in [1.29, 1.82) is 0 Å². The summed E-state index contributed by atoms with van der Waals surface area (Å²) in [7, 11) is 0. The van der Waals surface area contributed by atoms with E-state index in [0.717, 1.165) is 17.4 Å². The van der Waals surface area contributed by atoms with Crippen LogP contribution in [0.5, 0.6) is 0 Å². The number of aliphatic hydroxyl groups is 1. The van der Waals surface area contributed by atoms with Gasteiger partial charge in [0.15, 0.2) is 0 Å². The lowest BCUT2D eigenvalue weighted by Crippen LogP contribution is -2.25. The Kier molecular flexibility index (Phi) is 4.94. The highest BCUT2D eigenvalue weighted by molar-refractivity contribution is 9.10. The molecule has 1 aromatic heterocycles. The number of aliphatic hydroxyl groups excluding tert-OH is 1. The summed E-state index contributed by atoms with van der Waals surface area (Å²) in [4.78, 5) is 1.32. The van der Waals surface area contributed by atoms with Crippen molar-refractivity contribution in [3.05, 3.63) is 20.8 Å². The number of hydrogen-bond acceptors (Lipinski definition) is 3. The van der Waals surface area contributed by atoms with Crippen LogP contribution >= 0.6 is 27.3 Å². The summed E-state index contributed by atoms with van der Waals surface area (Å²) in [6.07, 6.45) is 0.812. The van der Waals surface area contributed by atoms with Crippen molar-refractivity contribution in [2.75, 3.05) is 6.61 Å². The van der Waals surface area contributed by atoms with Crippen LogP contribution in [0.3, 0.4) is 0 Å². The molecule has 1 heterocycles. The quantitative estimate of drug-likeness (QED) is 0.855. The van der Waals surface area contributed by atoms with Gasteiger partial charge >= 0.3 is 0 Å². The van der Waals surface area contributed by atoms with Crippen LogP contribution in [0.4, 0.5) is 0 Å². The molecule has 2 N–H and O–H groups in total. The van der Waals surface area contributed by atoms with Crippen LogP contribution in [0.2, 0.25) is 0 Å². The van der Waals surface area contributed by atoms with Crippen molar-refractivity contribution >= 4 is 27.3 Å². The Morgan fingerprint density at radius 2 is 2.46 bits per heavy atom. The van der Waals surface area contributed by atoms with E-state index in [2.05, 4.69) is 39.6 Å². The van der Waals surface area contributed by atoms with Crippen LogP contribution in [0.15, 0.2) is 15.9 Å². The number of halogens is 1. The van der Waals surface area contributed by atoms with Crippen molar-refractivity contribution in [2.24, 2.45) is 0 Å². The molecule has 0 aliphatic carbocycles. The third-order valence-electron chi connectivity index (χ3n) is 1.81. The van der Waals surface area contributed by atoms with Gasteiger partial charge in [0, 0.05) is 33.9 Å². The highest BCUT2D eigenvalue weighted by atomic mass is 79.9. The predicted octanol–water partition coefficient (Wildman–Crippen LogP) is 2.37. The molecule has 0 unspecified atom stereocenters. The first kappa shape index (κ1) is 11.2. The first-order chi connectivity index (χ1) is 6.22. The van der Waals surface area contributed by atoms with Crippen LogP contribution in [0, 0.1) is 0 Å². The molecule has 0 aliphatic heterocycles. The van der Waals surface area contributed by atoms with E-state index in [1.165, 1.54) is 4.88 Å². The lowest BCUT2D eigenvalue weighted by atomic mass is 10.2. The second kappa shape index (κ2) is 5.75. The minimum atomic E-state index is 0.252. The molecule has 13 heavy (non-hydrogen) atoms. The molecule has 1 rings (SSSR count). The summed E-state index contributed by atoms with van der Waals surface area (Å²) in [6, 6.07) is 2.49. The molecule has 0 radical (unpaired) electrons. The van der Waals surface area contributed by atoms with Crippen molar-refractivity contribution in [3.8, 4) is 0 Å². The van der Waals surface area contributed by atoms with Crippen LogP contribution in [0.25, 0.3) is 0 Å². The average Bonchev–Trinajstić information content (AvgIpc) is 2.49. The molecule has 2 nitrogen and oxygen atoms in total. The molecule has 0 spiro atoms. The van der Waals surface area contributed by atoms with Crippen molar-refractivity contribution < 1.29 is 5.11 Å². The molecule has 1 aromatic rings. The van der Waals surface area contributed by atoms with E-state index in [9.17, 15) is 0 Å². The van der Waals surface area contributed by atoms with E-state index < -0.39 is 0 Å². The fourth-order valence-corrected chi connectivity index (χ4v) is 2.42. The van der Waals surface area contributed by atoms with Crippen LogP contribution in [0.1, 0.15) is 18.2 Å². The van der Waals surface area contributed by atoms with Gasteiger partial charge in [-0.05, 0) is 35.3 Å². The molecule has 0 amide bonds. The fourth-order valence-electron chi connectivity index (χ4n) is 1.02. The SMILES string of the molecule is C[C@H](CCO)NCc1cc(Br)cs1. The van der Waals surface area contributed by atoms with E-state index in [1.807, 2.05) is 0 Å². The van der Waals surface area contributed by atoms with Crippen LogP contribution < -0.4 is 5.32 Å². The van der Waals surface area contributed by atoms with Gasteiger partial charge in [-0.3, -0.25) is 0 Å². The Labute approximate surface area is 91.1 Å². The smallest absolute Gasteiger partial charge is 0.0445 e. The molecule has 0 aromatic carbocycles. The van der Waals surface area contributed by atoms with Gasteiger partial charge in [0.25, 0.3) is 0 Å². The Bertz CT molecular complexity index is 252. The number of rotatable bonds is 5. The molecule has 0 fully saturated rings. The average molecular weight is 264 g/mol. The van der Waals surface area contributed by atoms with E-state index in [1.54, 1.807) is 11.3 Å². The lowest BCUT2D eigenvalue weighted by molar-refractivity contribution is 0.269. The Morgan fingerprint density at radius 1 is 1.69 bits per heavy atom. The highest BCUT2D eigenvalue weighted by Crippen LogP contribution is 2.19. The maximum atomic E-state index is 8.69. The van der Waals surface area contributed by atoms with Gasteiger partial charge in [-0.15, -0.1) is 11.3 Å². The third kappa shape index (κ3) is 4.22. The summed E-state index contributed by atoms with van der Waals surface area (Å²) in [5.41, 5.74) is 0. The lowest BCUT2D eigenvalue weighted by Gasteiger charge is -2.10. The predicted molar refractivity (Wildman–Crippen MR) is 60.0 cm³/mol. The summed E-state index contributed by atoms with van der Waals surface area (Å²) in [5, 5.41) is 14.1. The zero-order valence-electron chi connectivity index (χ0n) is 7.59. The molecule has 0 bridgehead atoms.